The minimum atomic E-state index is -0.919. The minimum Gasteiger partial charge on any atom is -0.399 e. The lowest BCUT2D eigenvalue weighted by Gasteiger charge is -2.22. The Hall–Kier alpha value is -3.00. The predicted octanol–water partition coefficient (Wildman–Crippen LogP) is 2.28. The highest BCUT2D eigenvalue weighted by Crippen LogP contribution is 2.33. The van der Waals surface area contributed by atoms with Gasteiger partial charge in [0.05, 0.1) is 0 Å². The number of halogens is 2. The molecule has 2 fully saturated rings. The average molecular weight is 428 g/mol. The van der Waals surface area contributed by atoms with Crippen LogP contribution in [0.15, 0.2) is 36.4 Å². The van der Waals surface area contributed by atoms with E-state index in [1.165, 1.54) is 0 Å². The second kappa shape index (κ2) is 8.63. The summed E-state index contributed by atoms with van der Waals surface area (Å²) in [6.07, 6.45) is 1.67. The van der Waals surface area contributed by atoms with Crippen LogP contribution in [0.4, 0.5) is 14.5 Å². The zero-order chi connectivity index (χ0) is 22.1. The number of likely N-dealkylation sites (tertiary alicyclic amines) is 2. The zero-order valence-electron chi connectivity index (χ0n) is 17.2. The van der Waals surface area contributed by atoms with Crippen LogP contribution in [0.3, 0.4) is 0 Å². The predicted molar refractivity (Wildman–Crippen MR) is 113 cm³/mol. The summed E-state index contributed by atoms with van der Waals surface area (Å²) in [6, 6.07) is 9.34. The van der Waals surface area contributed by atoms with E-state index >= 15 is 0 Å². The number of fused-ring (bicyclic) bond motifs is 1. The average Bonchev–Trinajstić information content (AvgIpc) is 3.26. The molecule has 0 spiro atoms. The van der Waals surface area contributed by atoms with Crippen molar-refractivity contribution in [2.45, 2.75) is 12.8 Å². The molecule has 0 saturated carbocycles. The highest BCUT2D eigenvalue weighted by atomic mass is 19.1. The Kier molecular flexibility index (Phi) is 5.91. The summed E-state index contributed by atoms with van der Waals surface area (Å²) in [5.74, 6) is -2.28. The molecule has 0 aromatic heterocycles. The van der Waals surface area contributed by atoms with Crippen molar-refractivity contribution in [3.63, 3.8) is 0 Å². The number of rotatable bonds is 6. The number of carbonyl (C=O) groups is 2. The first kappa shape index (κ1) is 21.2. The first-order valence-corrected chi connectivity index (χ1v) is 10.5. The van der Waals surface area contributed by atoms with E-state index in [0.717, 1.165) is 50.2 Å². The van der Waals surface area contributed by atoms with Crippen molar-refractivity contribution in [1.82, 2.24) is 9.80 Å². The first-order valence-electron chi connectivity index (χ1n) is 10.5. The minimum absolute atomic E-state index is 0.0427. The van der Waals surface area contributed by atoms with Crippen LogP contribution in [0.5, 0.6) is 0 Å². The number of aryl methyl sites for hydroxylation is 1. The van der Waals surface area contributed by atoms with E-state index in [0.29, 0.717) is 30.5 Å². The van der Waals surface area contributed by atoms with Gasteiger partial charge < -0.3 is 21.3 Å². The normalized spacial score (nSPS) is 20.8. The van der Waals surface area contributed by atoms with Gasteiger partial charge in [-0.15, -0.1) is 0 Å². The summed E-state index contributed by atoms with van der Waals surface area (Å²) in [5, 5.41) is 0. The Morgan fingerprint density at radius 2 is 1.61 bits per heavy atom. The summed E-state index contributed by atoms with van der Waals surface area (Å²) in [4.78, 5) is 28.1. The lowest BCUT2D eigenvalue weighted by Crippen LogP contribution is -2.34. The SMILES string of the molecule is NC(=O)c1ccccc1CCCN1CC2CN(C(=O)c3c(F)cc(N)cc3F)C[C@@H]2C1. The van der Waals surface area contributed by atoms with Gasteiger partial charge in [0.15, 0.2) is 0 Å². The number of nitrogens with zero attached hydrogens (tertiary/aromatic N) is 2. The second-order valence-corrected chi connectivity index (χ2v) is 8.47. The molecule has 2 aromatic rings. The summed E-state index contributed by atoms with van der Waals surface area (Å²) in [5.41, 5.74) is 11.8. The summed E-state index contributed by atoms with van der Waals surface area (Å²) >= 11 is 0. The molecule has 31 heavy (non-hydrogen) atoms. The number of benzene rings is 2. The monoisotopic (exact) mass is 428 g/mol. The third-order valence-electron chi connectivity index (χ3n) is 6.33. The lowest BCUT2D eigenvalue weighted by atomic mass is 10.0. The Morgan fingerprint density at radius 1 is 1.00 bits per heavy atom. The maximum Gasteiger partial charge on any atom is 0.259 e. The van der Waals surface area contributed by atoms with E-state index in [-0.39, 0.29) is 5.69 Å². The number of primary amides is 1. The molecular formula is C23H26F2N4O2. The van der Waals surface area contributed by atoms with E-state index in [1.807, 2.05) is 12.1 Å². The van der Waals surface area contributed by atoms with E-state index < -0.39 is 29.0 Å². The maximum atomic E-state index is 14.1. The van der Waals surface area contributed by atoms with Crippen LogP contribution in [0, 0.1) is 23.5 Å². The van der Waals surface area contributed by atoms with Crippen LogP contribution in [-0.4, -0.2) is 54.3 Å². The highest BCUT2D eigenvalue weighted by Gasteiger charge is 2.42. The molecule has 2 aromatic carbocycles. The molecule has 4 rings (SSSR count). The standard InChI is InChI=1S/C23H26F2N4O2/c24-19-8-17(26)9-20(25)21(19)23(31)29-12-15-10-28(11-16(15)13-29)7-3-5-14-4-1-2-6-18(14)22(27)30/h1-2,4,6,8-9,15-16H,3,5,7,10-13,26H2,(H2,27,30)/t15-,16?/m0/s1. The Balaban J connectivity index is 1.30. The molecule has 8 heteroatoms. The van der Waals surface area contributed by atoms with Crippen molar-refractivity contribution in [1.29, 1.82) is 0 Å². The van der Waals surface area contributed by atoms with Crippen molar-refractivity contribution >= 4 is 17.5 Å². The van der Waals surface area contributed by atoms with E-state index in [2.05, 4.69) is 4.90 Å². The Morgan fingerprint density at radius 3 is 2.23 bits per heavy atom. The van der Waals surface area contributed by atoms with E-state index in [1.54, 1.807) is 17.0 Å². The van der Waals surface area contributed by atoms with Crippen molar-refractivity contribution in [2.75, 3.05) is 38.5 Å². The van der Waals surface area contributed by atoms with Gasteiger partial charge in [-0.25, -0.2) is 8.78 Å². The number of hydrogen-bond donors (Lipinski definition) is 2. The zero-order valence-corrected chi connectivity index (χ0v) is 17.2. The molecule has 0 radical (unpaired) electrons. The van der Waals surface area contributed by atoms with Crippen LogP contribution in [0.2, 0.25) is 0 Å². The fraction of sp³-hybridized carbons (Fsp3) is 0.391. The number of carbonyl (C=O) groups excluding carboxylic acids is 2. The molecule has 2 heterocycles. The van der Waals surface area contributed by atoms with Crippen molar-refractivity contribution < 1.29 is 18.4 Å². The third kappa shape index (κ3) is 4.39. The van der Waals surface area contributed by atoms with Crippen molar-refractivity contribution in [3.05, 3.63) is 64.7 Å². The highest BCUT2D eigenvalue weighted by molar-refractivity contribution is 5.95. The number of amides is 2. The molecule has 164 valence electrons. The van der Waals surface area contributed by atoms with Crippen LogP contribution < -0.4 is 11.5 Å². The number of nitrogens with two attached hydrogens (primary N) is 2. The van der Waals surface area contributed by atoms with E-state index in [9.17, 15) is 18.4 Å². The smallest absolute Gasteiger partial charge is 0.259 e. The van der Waals surface area contributed by atoms with Crippen LogP contribution in [-0.2, 0) is 6.42 Å². The molecule has 2 amide bonds. The quantitative estimate of drug-likeness (QED) is 0.691. The van der Waals surface area contributed by atoms with Crippen LogP contribution in [0.25, 0.3) is 0 Å². The molecule has 0 aliphatic carbocycles. The Labute approximate surface area is 179 Å². The molecule has 2 atom stereocenters. The second-order valence-electron chi connectivity index (χ2n) is 8.47. The summed E-state index contributed by atoms with van der Waals surface area (Å²) in [7, 11) is 0. The molecule has 2 aliphatic rings. The number of nitrogen functional groups attached to an aromatic ring is 1. The van der Waals surface area contributed by atoms with Gasteiger partial charge in [0.25, 0.3) is 5.91 Å². The molecule has 1 unspecified atom stereocenters. The van der Waals surface area contributed by atoms with Crippen molar-refractivity contribution in [3.8, 4) is 0 Å². The van der Waals surface area contributed by atoms with Gasteiger partial charge in [0, 0.05) is 37.4 Å². The van der Waals surface area contributed by atoms with Gasteiger partial charge in [-0.3, -0.25) is 9.59 Å². The van der Waals surface area contributed by atoms with Gasteiger partial charge in [-0.05, 0) is 55.0 Å². The van der Waals surface area contributed by atoms with E-state index in [4.69, 9.17) is 11.5 Å². The maximum absolute atomic E-state index is 14.1. The summed E-state index contributed by atoms with van der Waals surface area (Å²) < 4.78 is 28.2. The summed E-state index contributed by atoms with van der Waals surface area (Å²) in [6.45, 7) is 3.56. The third-order valence-corrected chi connectivity index (χ3v) is 6.33. The van der Waals surface area contributed by atoms with Gasteiger partial charge in [-0.1, -0.05) is 18.2 Å². The fourth-order valence-corrected chi connectivity index (χ4v) is 4.87. The van der Waals surface area contributed by atoms with Gasteiger partial charge >= 0.3 is 0 Å². The van der Waals surface area contributed by atoms with Crippen molar-refractivity contribution in [2.24, 2.45) is 17.6 Å². The van der Waals surface area contributed by atoms with Gasteiger partial charge in [0.1, 0.15) is 17.2 Å². The fourth-order valence-electron chi connectivity index (χ4n) is 4.87. The molecule has 4 N–H and O–H groups in total. The van der Waals surface area contributed by atoms with Crippen LogP contribution in [0.1, 0.15) is 32.7 Å². The molecule has 6 nitrogen and oxygen atoms in total. The van der Waals surface area contributed by atoms with Gasteiger partial charge in [-0.2, -0.15) is 0 Å². The molecule has 0 bridgehead atoms. The molecule has 2 aliphatic heterocycles. The lowest BCUT2D eigenvalue weighted by molar-refractivity contribution is 0.0764. The number of hydrogen-bond acceptors (Lipinski definition) is 4. The topological polar surface area (TPSA) is 92.7 Å². The molecule has 2 saturated heterocycles. The van der Waals surface area contributed by atoms with Crippen LogP contribution >= 0.6 is 0 Å². The largest absolute Gasteiger partial charge is 0.399 e. The number of anilines is 1. The first-order chi connectivity index (χ1) is 14.8. The molecular weight excluding hydrogens is 402 g/mol. The van der Waals surface area contributed by atoms with Gasteiger partial charge in [0.2, 0.25) is 5.91 Å². The Bertz CT molecular complexity index is 976.